The van der Waals surface area contributed by atoms with E-state index in [-0.39, 0.29) is 12.2 Å². The van der Waals surface area contributed by atoms with Gasteiger partial charge in [0, 0.05) is 28.7 Å². The lowest BCUT2D eigenvalue weighted by atomic mass is 9.79. The third kappa shape index (κ3) is 4.11. The third-order valence-corrected chi connectivity index (χ3v) is 5.49. The summed E-state index contributed by atoms with van der Waals surface area (Å²) in [6.07, 6.45) is 5.99. The quantitative estimate of drug-likeness (QED) is 0.202. The second kappa shape index (κ2) is 9.33. The smallest absolute Gasteiger partial charge is 0.308 e. The molecule has 0 saturated heterocycles. The van der Waals surface area contributed by atoms with Crippen LogP contribution in [0.5, 0.6) is 0 Å². The number of carbonyl (C=O) groups is 2. The Labute approximate surface area is 171 Å². The zero-order valence-corrected chi connectivity index (χ0v) is 17.1. The Hall–Kier alpha value is -2.50. The molecular weight excluding hydrogens is 368 g/mol. The highest BCUT2D eigenvalue weighted by Gasteiger charge is 2.49. The van der Waals surface area contributed by atoms with Gasteiger partial charge in [0.05, 0.1) is 0 Å². The highest BCUT2D eigenvalue weighted by Crippen LogP contribution is 2.43. The summed E-state index contributed by atoms with van der Waals surface area (Å²) in [5, 5.41) is 9.95. The van der Waals surface area contributed by atoms with Crippen molar-refractivity contribution < 1.29 is 24.5 Å². The second-order valence-corrected chi connectivity index (χ2v) is 7.45. The Morgan fingerprint density at radius 3 is 2.41 bits per heavy atom. The molecule has 0 aliphatic heterocycles. The van der Waals surface area contributed by atoms with Crippen LogP contribution in [0.4, 0.5) is 0 Å². The number of unbranched alkanes of at least 4 members (excludes halogenated alkanes) is 4. The first kappa shape index (κ1) is 21.2. The van der Waals surface area contributed by atoms with E-state index < -0.39 is 11.8 Å². The van der Waals surface area contributed by atoms with Crippen LogP contribution in [-0.4, -0.2) is 17.0 Å². The highest BCUT2D eigenvalue weighted by atomic mass is 17.1. The summed E-state index contributed by atoms with van der Waals surface area (Å²) in [7, 11) is 0. The molecule has 0 amide bonds. The number of benzene rings is 2. The predicted molar refractivity (Wildman–Crippen MR) is 110 cm³/mol. The lowest BCUT2D eigenvalue weighted by Crippen LogP contribution is -2.41. The molecule has 0 saturated carbocycles. The molecule has 0 bridgehead atoms. The number of fused-ring (bicyclic) bond motifs is 2. The van der Waals surface area contributed by atoms with Crippen LogP contribution in [0.25, 0.3) is 0 Å². The average Bonchev–Trinajstić information content (AvgIpc) is 2.76. The van der Waals surface area contributed by atoms with Crippen LogP contribution in [0.3, 0.4) is 0 Å². The fourth-order valence-corrected chi connectivity index (χ4v) is 3.86. The van der Waals surface area contributed by atoms with Gasteiger partial charge in [0.25, 0.3) is 5.79 Å². The SMILES string of the molecule is CCCCCCCC(=O)OC1(OO)c2ccccc2C(=O)c2cc(CC)ccc21. The van der Waals surface area contributed by atoms with E-state index in [4.69, 9.17) is 9.62 Å². The largest absolute Gasteiger partial charge is 0.421 e. The number of ketones is 1. The molecule has 1 unspecified atom stereocenters. The van der Waals surface area contributed by atoms with E-state index in [0.29, 0.717) is 28.7 Å². The zero-order valence-electron chi connectivity index (χ0n) is 17.1. The molecule has 3 rings (SSSR count). The fraction of sp³-hybridized carbons (Fsp3) is 0.417. The minimum atomic E-state index is -1.84. The number of ether oxygens (including phenoxy) is 1. The van der Waals surface area contributed by atoms with Crippen molar-refractivity contribution in [3.05, 3.63) is 70.3 Å². The van der Waals surface area contributed by atoms with Crippen LogP contribution >= 0.6 is 0 Å². The van der Waals surface area contributed by atoms with Gasteiger partial charge in [-0.15, -0.1) is 0 Å². The summed E-state index contributed by atoms with van der Waals surface area (Å²) in [4.78, 5) is 30.6. The van der Waals surface area contributed by atoms with Crippen LogP contribution in [0, 0.1) is 0 Å². The second-order valence-electron chi connectivity index (χ2n) is 7.45. The van der Waals surface area contributed by atoms with Gasteiger partial charge < -0.3 is 4.74 Å². The lowest BCUT2D eigenvalue weighted by Gasteiger charge is -2.36. The van der Waals surface area contributed by atoms with Gasteiger partial charge in [0.2, 0.25) is 0 Å². The van der Waals surface area contributed by atoms with Crippen molar-refractivity contribution in [2.45, 2.75) is 64.6 Å². The zero-order chi connectivity index (χ0) is 20.9. The Kier molecular flexibility index (Phi) is 6.83. The van der Waals surface area contributed by atoms with Gasteiger partial charge in [0.15, 0.2) is 5.78 Å². The molecule has 1 atom stereocenters. The molecule has 1 aliphatic carbocycles. The summed E-state index contributed by atoms with van der Waals surface area (Å²) in [5.41, 5.74) is 2.40. The maximum absolute atomic E-state index is 13.1. The van der Waals surface area contributed by atoms with Crippen LogP contribution in [0.2, 0.25) is 0 Å². The topological polar surface area (TPSA) is 72.8 Å². The molecule has 1 N–H and O–H groups in total. The summed E-state index contributed by atoms with van der Waals surface area (Å²) < 4.78 is 5.75. The Bertz CT molecular complexity index is 889. The number of hydrogen-bond acceptors (Lipinski definition) is 5. The van der Waals surface area contributed by atoms with Gasteiger partial charge in [-0.2, -0.15) is 4.89 Å². The van der Waals surface area contributed by atoms with E-state index in [1.807, 2.05) is 13.0 Å². The van der Waals surface area contributed by atoms with E-state index in [1.54, 1.807) is 36.4 Å². The van der Waals surface area contributed by atoms with E-state index in [9.17, 15) is 14.8 Å². The first-order chi connectivity index (χ1) is 14.1. The van der Waals surface area contributed by atoms with Gasteiger partial charge in [-0.3, -0.25) is 9.59 Å². The van der Waals surface area contributed by atoms with Gasteiger partial charge in [-0.05, 0) is 24.5 Å². The molecule has 0 spiro atoms. The summed E-state index contributed by atoms with van der Waals surface area (Å²) >= 11 is 0. The van der Waals surface area contributed by atoms with Gasteiger partial charge in [-0.1, -0.05) is 75.9 Å². The normalized spacial score (nSPS) is 17.6. The Morgan fingerprint density at radius 1 is 0.966 bits per heavy atom. The molecule has 5 heteroatoms. The Morgan fingerprint density at radius 2 is 1.69 bits per heavy atom. The fourth-order valence-electron chi connectivity index (χ4n) is 3.86. The van der Waals surface area contributed by atoms with Crippen molar-refractivity contribution in [2.24, 2.45) is 0 Å². The molecule has 29 heavy (non-hydrogen) atoms. The summed E-state index contributed by atoms with van der Waals surface area (Å²) in [5.74, 6) is -2.48. The third-order valence-electron chi connectivity index (χ3n) is 5.49. The van der Waals surface area contributed by atoms with Gasteiger partial charge in [0.1, 0.15) is 0 Å². The molecule has 0 heterocycles. The highest BCUT2D eigenvalue weighted by molar-refractivity contribution is 6.13. The molecule has 1 aliphatic rings. The molecule has 0 aromatic heterocycles. The average molecular weight is 396 g/mol. The van der Waals surface area contributed by atoms with Gasteiger partial charge >= 0.3 is 5.97 Å². The van der Waals surface area contributed by atoms with Crippen molar-refractivity contribution in [3.63, 3.8) is 0 Å². The molecule has 5 nitrogen and oxygen atoms in total. The Balaban J connectivity index is 1.96. The summed E-state index contributed by atoms with van der Waals surface area (Å²) in [6, 6.07) is 12.1. The van der Waals surface area contributed by atoms with Crippen molar-refractivity contribution >= 4 is 11.8 Å². The molecule has 0 fully saturated rings. The molecule has 0 radical (unpaired) electrons. The van der Waals surface area contributed by atoms with E-state index in [1.165, 1.54) is 0 Å². The lowest BCUT2D eigenvalue weighted by molar-refractivity contribution is -0.384. The molecule has 2 aromatic rings. The first-order valence-electron chi connectivity index (χ1n) is 10.4. The van der Waals surface area contributed by atoms with Crippen LogP contribution in [0.15, 0.2) is 42.5 Å². The van der Waals surface area contributed by atoms with Crippen LogP contribution < -0.4 is 0 Å². The van der Waals surface area contributed by atoms with Crippen molar-refractivity contribution in [3.8, 4) is 0 Å². The van der Waals surface area contributed by atoms with Crippen LogP contribution in [-0.2, 0) is 26.6 Å². The van der Waals surface area contributed by atoms with E-state index in [2.05, 4.69) is 6.92 Å². The van der Waals surface area contributed by atoms with Gasteiger partial charge in [-0.25, -0.2) is 5.26 Å². The van der Waals surface area contributed by atoms with Crippen LogP contribution in [0.1, 0.15) is 85.0 Å². The molecule has 2 aromatic carbocycles. The van der Waals surface area contributed by atoms with Crippen molar-refractivity contribution in [1.29, 1.82) is 0 Å². The number of carbonyl (C=O) groups excluding carboxylic acids is 2. The monoisotopic (exact) mass is 396 g/mol. The number of esters is 1. The van der Waals surface area contributed by atoms with E-state index in [0.717, 1.165) is 37.7 Å². The number of aryl methyl sites for hydroxylation is 1. The molecular formula is C24H28O5. The maximum Gasteiger partial charge on any atom is 0.308 e. The standard InChI is InChI=1S/C24H28O5/c1-3-5-6-7-8-13-22(25)28-24(29-27)20-12-10-9-11-18(20)23(26)19-16-17(4-2)14-15-21(19)24/h9-12,14-16,27H,3-8,13H2,1-2H3. The predicted octanol–water partition coefficient (Wildman–Crippen LogP) is 5.39. The number of rotatable bonds is 9. The van der Waals surface area contributed by atoms with Crippen molar-refractivity contribution in [1.82, 2.24) is 0 Å². The molecule has 154 valence electrons. The van der Waals surface area contributed by atoms with Crippen molar-refractivity contribution in [2.75, 3.05) is 0 Å². The summed E-state index contributed by atoms with van der Waals surface area (Å²) in [6.45, 7) is 4.14. The first-order valence-corrected chi connectivity index (χ1v) is 10.4. The number of hydrogen-bond donors (Lipinski definition) is 1. The maximum atomic E-state index is 13.1. The van der Waals surface area contributed by atoms with E-state index >= 15 is 0 Å². The minimum absolute atomic E-state index is 0.172. The minimum Gasteiger partial charge on any atom is -0.421 e.